The van der Waals surface area contributed by atoms with Gasteiger partial charge in [-0.1, -0.05) is 0 Å². The number of alkyl halides is 2. The molecule has 7 heteroatoms. The first-order valence-electron chi connectivity index (χ1n) is 5.45. The fraction of sp³-hybridized carbons (Fsp3) is 0.800. The van der Waals surface area contributed by atoms with E-state index in [1.165, 1.54) is 4.90 Å². The minimum Gasteiger partial charge on any atom is -0.481 e. The lowest BCUT2D eigenvalue weighted by Crippen LogP contribution is -2.49. The number of nitrogens with zero attached hydrogens (tertiary/aromatic N) is 1. The minimum atomic E-state index is -2.69. The van der Waals surface area contributed by atoms with Crippen LogP contribution in [-0.4, -0.2) is 47.1 Å². The van der Waals surface area contributed by atoms with Crippen LogP contribution < -0.4 is 5.32 Å². The number of likely N-dealkylation sites (tertiary alicyclic amines) is 1. The second-order valence-corrected chi connectivity index (χ2v) is 4.29. The molecule has 2 N–H and O–H groups in total. The van der Waals surface area contributed by atoms with Crippen molar-refractivity contribution in [2.75, 3.05) is 13.1 Å². The van der Waals surface area contributed by atoms with E-state index in [-0.39, 0.29) is 32.4 Å². The van der Waals surface area contributed by atoms with Gasteiger partial charge in [0.25, 0.3) is 5.92 Å². The molecule has 0 aromatic heterocycles. The molecule has 1 aliphatic heterocycles. The number of carbonyl (C=O) groups is 2. The Morgan fingerprint density at radius 1 is 1.41 bits per heavy atom. The van der Waals surface area contributed by atoms with E-state index in [9.17, 15) is 18.4 Å². The van der Waals surface area contributed by atoms with Crippen molar-refractivity contribution in [2.45, 2.75) is 38.2 Å². The topological polar surface area (TPSA) is 69.6 Å². The largest absolute Gasteiger partial charge is 0.481 e. The van der Waals surface area contributed by atoms with Gasteiger partial charge < -0.3 is 15.3 Å². The number of carboxylic acids is 1. The van der Waals surface area contributed by atoms with Gasteiger partial charge in [-0.2, -0.15) is 0 Å². The molecule has 0 aromatic rings. The van der Waals surface area contributed by atoms with Crippen molar-refractivity contribution < 1.29 is 23.5 Å². The van der Waals surface area contributed by atoms with E-state index in [2.05, 4.69) is 5.32 Å². The van der Waals surface area contributed by atoms with Gasteiger partial charge in [-0.15, -0.1) is 0 Å². The third-order valence-corrected chi connectivity index (χ3v) is 2.63. The molecule has 98 valence electrons. The zero-order valence-corrected chi connectivity index (χ0v) is 9.58. The maximum Gasteiger partial charge on any atom is 0.317 e. The maximum absolute atomic E-state index is 12.8. The molecule has 0 spiro atoms. The predicted octanol–water partition coefficient (Wildman–Crippen LogP) is 1.29. The number of carbonyl (C=O) groups excluding carboxylic acids is 1. The number of aliphatic carboxylic acids is 1. The van der Waals surface area contributed by atoms with E-state index in [0.717, 1.165) is 0 Å². The number of halogens is 2. The fourth-order valence-electron chi connectivity index (χ4n) is 1.65. The van der Waals surface area contributed by atoms with Gasteiger partial charge in [0.2, 0.25) is 0 Å². The molecule has 2 amide bonds. The van der Waals surface area contributed by atoms with Gasteiger partial charge in [0.05, 0.1) is 6.42 Å². The van der Waals surface area contributed by atoms with E-state index in [4.69, 9.17) is 5.11 Å². The zero-order chi connectivity index (χ0) is 13.1. The first-order valence-corrected chi connectivity index (χ1v) is 5.45. The zero-order valence-electron chi connectivity index (χ0n) is 9.58. The Bertz CT molecular complexity index is 300. The Balaban J connectivity index is 2.36. The summed E-state index contributed by atoms with van der Waals surface area (Å²) >= 11 is 0. The number of rotatable bonds is 3. The van der Waals surface area contributed by atoms with Crippen molar-refractivity contribution in [3.8, 4) is 0 Å². The standard InChI is InChI=1S/C10H16F2N2O3/c1-7(6-8(15)16)13-9(17)14-4-2-10(11,12)3-5-14/h7H,2-6H2,1H3,(H,13,17)(H,15,16)/t7-/m1/s1. The normalized spacial score (nSPS) is 20.8. The van der Waals surface area contributed by atoms with Crippen molar-refractivity contribution in [2.24, 2.45) is 0 Å². The van der Waals surface area contributed by atoms with Crippen LogP contribution in [0.25, 0.3) is 0 Å². The van der Waals surface area contributed by atoms with Crippen LogP contribution in [0.1, 0.15) is 26.2 Å². The number of urea groups is 1. The summed E-state index contributed by atoms with van der Waals surface area (Å²) in [7, 11) is 0. The molecule has 0 aromatic carbocycles. The molecule has 0 saturated carbocycles. The molecule has 17 heavy (non-hydrogen) atoms. The van der Waals surface area contributed by atoms with Crippen molar-refractivity contribution in [1.82, 2.24) is 10.2 Å². The molecule has 0 aliphatic carbocycles. The first kappa shape index (κ1) is 13.7. The summed E-state index contributed by atoms with van der Waals surface area (Å²) in [5.74, 6) is -3.70. The summed E-state index contributed by atoms with van der Waals surface area (Å²) in [5.41, 5.74) is 0. The third-order valence-electron chi connectivity index (χ3n) is 2.63. The molecule has 1 heterocycles. The number of amides is 2. The Labute approximate surface area is 97.8 Å². The van der Waals surface area contributed by atoms with Crippen LogP contribution >= 0.6 is 0 Å². The van der Waals surface area contributed by atoms with Crippen LogP contribution in [0.4, 0.5) is 13.6 Å². The Morgan fingerprint density at radius 3 is 2.41 bits per heavy atom. The van der Waals surface area contributed by atoms with Gasteiger partial charge in [-0.05, 0) is 6.92 Å². The Morgan fingerprint density at radius 2 is 1.94 bits per heavy atom. The monoisotopic (exact) mass is 250 g/mol. The van der Waals surface area contributed by atoms with Crippen LogP contribution in [0.3, 0.4) is 0 Å². The fourth-order valence-corrected chi connectivity index (χ4v) is 1.65. The average Bonchev–Trinajstić information content (AvgIpc) is 2.15. The van der Waals surface area contributed by atoms with Gasteiger partial charge in [0.15, 0.2) is 0 Å². The molecule has 1 rings (SSSR count). The molecule has 5 nitrogen and oxygen atoms in total. The summed E-state index contributed by atoms with van der Waals surface area (Å²) in [6.45, 7) is 1.56. The molecule has 0 unspecified atom stereocenters. The van der Waals surface area contributed by atoms with Crippen molar-refractivity contribution in [3.63, 3.8) is 0 Å². The smallest absolute Gasteiger partial charge is 0.317 e. The first-order chi connectivity index (χ1) is 7.80. The lowest BCUT2D eigenvalue weighted by Gasteiger charge is -2.32. The van der Waals surface area contributed by atoms with Gasteiger partial charge in [0, 0.05) is 32.0 Å². The van der Waals surface area contributed by atoms with Gasteiger partial charge in [-0.3, -0.25) is 4.79 Å². The highest BCUT2D eigenvalue weighted by Gasteiger charge is 2.35. The SMILES string of the molecule is C[C@H](CC(=O)O)NC(=O)N1CCC(F)(F)CC1. The predicted molar refractivity (Wildman–Crippen MR) is 56.0 cm³/mol. The van der Waals surface area contributed by atoms with Crippen molar-refractivity contribution in [3.05, 3.63) is 0 Å². The minimum absolute atomic E-state index is 0.00136. The maximum atomic E-state index is 12.8. The lowest BCUT2D eigenvalue weighted by atomic mass is 10.1. The second-order valence-electron chi connectivity index (χ2n) is 4.29. The van der Waals surface area contributed by atoms with Crippen LogP contribution in [0, 0.1) is 0 Å². The van der Waals surface area contributed by atoms with Crippen LogP contribution in [0.15, 0.2) is 0 Å². The second kappa shape index (κ2) is 5.29. The third kappa shape index (κ3) is 4.54. The molecular formula is C10H16F2N2O3. The van der Waals surface area contributed by atoms with Gasteiger partial charge in [-0.25, -0.2) is 13.6 Å². The average molecular weight is 250 g/mol. The van der Waals surface area contributed by atoms with Crippen LogP contribution in [-0.2, 0) is 4.79 Å². The van der Waals surface area contributed by atoms with Crippen molar-refractivity contribution >= 4 is 12.0 Å². The Hall–Kier alpha value is -1.40. The summed E-state index contributed by atoms with van der Waals surface area (Å²) in [6, 6.07) is -0.989. The molecule has 1 saturated heterocycles. The Kier molecular flexibility index (Phi) is 4.25. The van der Waals surface area contributed by atoms with Crippen LogP contribution in [0.2, 0.25) is 0 Å². The molecule has 1 fully saturated rings. The molecule has 0 bridgehead atoms. The summed E-state index contributed by atoms with van der Waals surface area (Å²) < 4.78 is 25.7. The van der Waals surface area contributed by atoms with E-state index >= 15 is 0 Å². The van der Waals surface area contributed by atoms with Gasteiger partial charge >= 0.3 is 12.0 Å². The number of hydrogen-bond donors (Lipinski definition) is 2. The van der Waals surface area contributed by atoms with E-state index in [0.29, 0.717) is 0 Å². The molecular weight excluding hydrogens is 234 g/mol. The lowest BCUT2D eigenvalue weighted by molar-refractivity contribution is -0.137. The molecule has 1 atom stereocenters. The highest BCUT2D eigenvalue weighted by molar-refractivity contribution is 5.76. The highest BCUT2D eigenvalue weighted by atomic mass is 19.3. The summed E-state index contributed by atoms with van der Waals surface area (Å²) in [6.07, 6.45) is -0.864. The summed E-state index contributed by atoms with van der Waals surface area (Å²) in [5, 5.41) is 11.0. The highest BCUT2D eigenvalue weighted by Crippen LogP contribution is 2.27. The van der Waals surface area contributed by atoms with Crippen molar-refractivity contribution in [1.29, 1.82) is 0 Å². The quantitative estimate of drug-likeness (QED) is 0.793. The van der Waals surface area contributed by atoms with E-state index < -0.39 is 24.0 Å². The number of carboxylic acid groups (broad SMARTS) is 1. The molecule has 1 aliphatic rings. The van der Waals surface area contributed by atoms with E-state index in [1.807, 2.05) is 0 Å². The number of hydrogen-bond acceptors (Lipinski definition) is 2. The summed E-state index contributed by atoms with van der Waals surface area (Å²) in [4.78, 5) is 23.3. The van der Waals surface area contributed by atoms with Crippen LogP contribution in [0.5, 0.6) is 0 Å². The molecule has 0 radical (unpaired) electrons. The van der Waals surface area contributed by atoms with Gasteiger partial charge in [0.1, 0.15) is 0 Å². The number of nitrogens with one attached hydrogen (secondary N) is 1. The van der Waals surface area contributed by atoms with E-state index in [1.54, 1.807) is 6.92 Å². The number of piperidine rings is 1.